The van der Waals surface area contributed by atoms with Crippen molar-refractivity contribution >= 4 is 17.4 Å². The molecular formula is C22H27N5O. The Hall–Kier alpha value is -2.47. The van der Waals surface area contributed by atoms with Crippen LogP contribution in [0.4, 0.5) is 11.5 Å². The molecule has 3 aliphatic heterocycles. The number of amides is 1. The Bertz CT molecular complexity index is 898. The van der Waals surface area contributed by atoms with Crippen molar-refractivity contribution in [2.75, 3.05) is 29.9 Å². The maximum absolute atomic E-state index is 12.6. The summed E-state index contributed by atoms with van der Waals surface area (Å²) in [5.41, 5.74) is 4.42. The molecule has 4 fully saturated rings. The van der Waals surface area contributed by atoms with Gasteiger partial charge in [-0.15, -0.1) is 0 Å². The second-order valence-corrected chi connectivity index (χ2v) is 8.56. The molecule has 146 valence electrons. The van der Waals surface area contributed by atoms with E-state index in [0.29, 0.717) is 24.5 Å². The second kappa shape index (κ2) is 6.85. The molecule has 0 radical (unpaired) electrons. The summed E-state index contributed by atoms with van der Waals surface area (Å²) in [5.74, 6) is 1.77. The van der Waals surface area contributed by atoms with E-state index in [1.54, 1.807) is 6.33 Å². The number of fused-ring (bicyclic) bond motifs is 2. The van der Waals surface area contributed by atoms with Gasteiger partial charge in [0.2, 0.25) is 5.91 Å². The summed E-state index contributed by atoms with van der Waals surface area (Å²) in [6.07, 6.45) is 5.39. The van der Waals surface area contributed by atoms with Crippen LogP contribution < -0.4 is 10.2 Å². The first kappa shape index (κ1) is 17.6. The summed E-state index contributed by atoms with van der Waals surface area (Å²) < 4.78 is 0. The normalized spacial score (nSPS) is 24.0. The maximum Gasteiger partial charge on any atom is 0.238 e. The highest BCUT2D eigenvalue weighted by molar-refractivity contribution is 5.93. The zero-order chi connectivity index (χ0) is 19.3. The lowest BCUT2D eigenvalue weighted by Gasteiger charge is -2.56. The second-order valence-electron chi connectivity index (χ2n) is 8.56. The molecule has 1 aliphatic carbocycles. The van der Waals surface area contributed by atoms with Crippen molar-refractivity contribution in [3.05, 3.63) is 47.4 Å². The molecule has 2 atom stereocenters. The van der Waals surface area contributed by atoms with E-state index in [-0.39, 0.29) is 5.91 Å². The standard InChI is InChI=1S/C22H27N5O/c1-14-3-6-19(15(2)7-14)25-22(28)12-27-17-8-18(27)11-26(10-17)21-9-20(16-4-5-16)23-13-24-21/h3,6-7,9,13,16-18H,4-5,8,10-12H2,1-2H3,(H,25,28). The molecule has 4 heterocycles. The van der Waals surface area contributed by atoms with Gasteiger partial charge >= 0.3 is 0 Å². The Kier molecular flexibility index (Phi) is 4.31. The Labute approximate surface area is 166 Å². The number of anilines is 2. The first-order valence-electron chi connectivity index (χ1n) is 10.3. The third-order valence-corrected chi connectivity index (χ3v) is 6.32. The maximum atomic E-state index is 12.6. The highest BCUT2D eigenvalue weighted by Crippen LogP contribution is 2.40. The molecular weight excluding hydrogens is 350 g/mol. The SMILES string of the molecule is Cc1ccc(NC(=O)CN2C3CC2CN(c2cc(C4CC4)ncn2)C3)c(C)c1. The fourth-order valence-corrected chi connectivity index (χ4v) is 4.58. The molecule has 6 heteroatoms. The third-order valence-electron chi connectivity index (χ3n) is 6.32. The molecule has 1 amide bonds. The van der Waals surface area contributed by atoms with Gasteiger partial charge in [0, 0.05) is 48.5 Å². The number of carbonyl (C=O) groups is 1. The van der Waals surface area contributed by atoms with E-state index >= 15 is 0 Å². The summed E-state index contributed by atoms with van der Waals surface area (Å²) in [6, 6.07) is 9.17. The van der Waals surface area contributed by atoms with Gasteiger partial charge in [0.15, 0.2) is 0 Å². The number of carbonyl (C=O) groups excluding carboxylic acids is 1. The topological polar surface area (TPSA) is 61.4 Å². The molecule has 2 bridgehead atoms. The number of piperazine rings is 1. The van der Waals surface area contributed by atoms with Crippen molar-refractivity contribution in [1.29, 1.82) is 0 Å². The summed E-state index contributed by atoms with van der Waals surface area (Å²) in [7, 11) is 0. The number of benzene rings is 1. The fraction of sp³-hybridized carbons (Fsp3) is 0.500. The average Bonchev–Trinajstić information content (AvgIpc) is 3.54. The van der Waals surface area contributed by atoms with Crippen LogP contribution in [-0.4, -0.2) is 52.5 Å². The van der Waals surface area contributed by atoms with Crippen LogP contribution in [0.5, 0.6) is 0 Å². The lowest BCUT2D eigenvalue weighted by molar-refractivity contribution is -0.121. The van der Waals surface area contributed by atoms with Gasteiger partial charge in [-0.25, -0.2) is 9.97 Å². The molecule has 2 unspecified atom stereocenters. The minimum atomic E-state index is 0.0770. The van der Waals surface area contributed by atoms with Crippen molar-refractivity contribution in [2.24, 2.45) is 0 Å². The molecule has 6 nitrogen and oxygen atoms in total. The van der Waals surface area contributed by atoms with Crippen molar-refractivity contribution in [3.63, 3.8) is 0 Å². The molecule has 3 saturated heterocycles. The number of piperidine rings is 1. The number of hydrogen-bond donors (Lipinski definition) is 1. The lowest BCUT2D eigenvalue weighted by Crippen LogP contribution is -2.69. The van der Waals surface area contributed by atoms with E-state index < -0.39 is 0 Å². The van der Waals surface area contributed by atoms with Gasteiger partial charge in [-0.2, -0.15) is 0 Å². The number of rotatable bonds is 5. The number of aryl methyl sites for hydroxylation is 2. The predicted molar refractivity (Wildman–Crippen MR) is 110 cm³/mol. The molecule has 0 spiro atoms. The van der Waals surface area contributed by atoms with Crippen LogP contribution in [-0.2, 0) is 4.79 Å². The van der Waals surface area contributed by atoms with E-state index in [1.165, 1.54) is 30.5 Å². The van der Waals surface area contributed by atoms with E-state index in [0.717, 1.165) is 30.2 Å². The minimum Gasteiger partial charge on any atom is -0.353 e. The van der Waals surface area contributed by atoms with E-state index in [2.05, 4.69) is 44.1 Å². The average molecular weight is 377 g/mol. The summed E-state index contributed by atoms with van der Waals surface area (Å²) >= 11 is 0. The van der Waals surface area contributed by atoms with Crippen LogP contribution in [0.2, 0.25) is 0 Å². The molecule has 1 aromatic heterocycles. The van der Waals surface area contributed by atoms with Crippen molar-refractivity contribution in [3.8, 4) is 0 Å². The molecule has 2 aromatic rings. The molecule has 6 rings (SSSR count). The van der Waals surface area contributed by atoms with Gasteiger partial charge in [-0.3, -0.25) is 9.69 Å². The van der Waals surface area contributed by atoms with Gasteiger partial charge in [0.1, 0.15) is 12.1 Å². The zero-order valence-electron chi connectivity index (χ0n) is 16.6. The molecule has 1 N–H and O–H groups in total. The first-order valence-corrected chi connectivity index (χ1v) is 10.3. The van der Waals surface area contributed by atoms with Crippen LogP contribution in [0.15, 0.2) is 30.6 Å². The Morgan fingerprint density at radius 1 is 1.14 bits per heavy atom. The van der Waals surface area contributed by atoms with E-state index in [9.17, 15) is 4.79 Å². The van der Waals surface area contributed by atoms with Gasteiger partial charge < -0.3 is 10.2 Å². The lowest BCUT2D eigenvalue weighted by atomic mass is 9.87. The minimum absolute atomic E-state index is 0.0770. The summed E-state index contributed by atoms with van der Waals surface area (Å²) in [6.45, 7) is 6.45. The first-order chi connectivity index (χ1) is 13.6. The quantitative estimate of drug-likeness (QED) is 0.868. The largest absolute Gasteiger partial charge is 0.353 e. The van der Waals surface area contributed by atoms with E-state index in [4.69, 9.17) is 0 Å². The number of nitrogens with zero attached hydrogens (tertiary/aromatic N) is 4. The molecule has 1 aromatic carbocycles. The summed E-state index contributed by atoms with van der Waals surface area (Å²) in [5, 5.41) is 3.08. The Morgan fingerprint density at radius 3 is 2.64 bits per heavy atom. The van der Waals surface area contributed by atoms with Gasteiger partial charge in [-0.05, 0) is 44.7 Å². The Balaban J connectivity index is 1.19. The zero-order valence-corrected chi connectivity index (χ0v) is 16.6. The smallest absolute Gasteiger partial charge is 0.238 e. The molecule has 4 aliphatic rings. The third kappa shape index (κ3) is 3.37. The summed E-state index contributed by atoms with van der Waals surface area (Å²) in [4.78, 5) is 26.2. The van der Waals surface area contributed by atoms with Gasteiger partial charge in [-0.1, -0.05) is 17.7 Å². The van der Waals surface area contributed by atoms with Crippen molar-refractivity contribution in [2.45, 2.75) is 51.1 Å². The van der Waals surface area contributed by atoms with Gasteiger partial charge in [0.25, 0.3) is 0 Å². The van der Waals surface area contributed by atoms with E-state index in [1.807, 2.05) is 19.1 Å². The molecule has 28 heavy (non-hydrogen) atoms. The van der Waals surface area contributed by atoms with Crippen LogP contribution in [0.3, 0.4) is 0 Å². The van der Waals surface area contributed by atoms with Crippen LogP contribution in [0.25, 0.3) is 0 Å². The van der Waals surface area contributed by atoms with Gasteiger partial charge in [0.05, 0.1) is 6.54 Å². The monoisotopic (exact) mass is 377 g/mol. The van der Waals surface area contributed by atoms with Crippen molar-refractivity contribution in [1.82, 2.24) is 14.9 Å². The molecule has 1 saturated carbocycles. The highest BCUT2D eigenvalue weighted by Gasteiger charge is 2.45. The van der Waals surface area contributed by atoms with Crippen molar-refractivity contribution < 1.29 is 4.79 Å². The predicted octanol–water partition coefficient (Wildman–Crippen LogP) is 2.87. The van der Waals surface area contributed by atoms with Crippen LogP contribution in [0, 0.1) is 13.8 Å². The highest BCUT2D eigenvalue weighted by atomic mass is 16.2. The Morgan fingerprint density at radius 2 is 1.93 bits per heavy atom. The van der Waals surface area contributed by atoms with Crippen LogP contribution in [0.1, 0.15) is 42.0 Å². The van der Waals surface area contributed by atoms with Crippen LogP contribution >= 0.6 is 0 Å². The number of hydrogen-bond acceptors (Lipinski definition) is 5. The number of nitrogens with one attached hydrogen (secondary N) is 1. The number of aromatic nitrogens is 2. The fourth-order valence-electron chi connectivity index (χ4n) is 4.58.